The third kappa shape index (κ3) is 8.91. The highest BCUT2D eigenvalue weighted by Gasteiger charge is 2.14. The minimum atomic E-state index is -0.335. The van der Waals surface area contributed by atoms with Gasteiger partial charge in [0.2, 0.25) is 0 Å². The van der Waals surface area contributed by atoms with Crippen LogP contribution in [0.2, 0.25) is 0 Å². The Hall–Kier alpha value is -3.91. The molecule has 0 saturated heterocycles. The summed E-state index contributed by atoms with van der Waals surface area (Å²) in [7, 11) is 0. The number of hydrogen-bond acceptors (Lipinski definition) is 5. The van der Waals surface area contributed by atoms with Crippen molar-refractivity contribution in [3.63, 3.8) is 0 Å². The van der Waals surface area contributed by atoms with Gasteiger partial charge >= 0.3 is 0 Å². The van der Waals surface area contributed by atoms with E-state index >= 15 is 0 Å². The Bertz CT molecular complexity index is 1150. The van der Waals surface area contributed by atoms with Gasteiger partial charge in [-0.2, -0.15) is 0 Å². The molecule has 0 fully saturated rings. The van der Waals surface area contributed by atoms with E-state index in [1.165, 1.54) is 0 Å². The summed E-state index contributed by atoms with van der Waals surface area (Å²) in [5, 5.41) is 5.82. The molecular weight excluding hydrogens is 486 g/mol. The normalized spacial score (nSPS) is 10.3. The quantitative estimate of drug-likeness (QED) is 0.242. The summed E-state index contributed by atoms with van der Waals surface area (Å²) in [6, 6.07) is 23.4. The van der Waals surface area contributed by atoms with Crippen LogP contribution in [0.4, 0.5) is 5.69 Å². The zero-order chi connectivity index (χ0) is 26.5. The van der Waals surface area contributed by atoms with Crippen molar-refractivity contribution in [2.75, 3.05) is 31.6 Å². The highest BCUT2D eigenvalue weighted by molar-refractivity contribution is 7.80. The van der Waals surface area contributed by atoms with Crippen molar-refractivity contribution in [2.45, 2.75) is 26.7 Å². The van der Waals surface area contributed by atoms with Crippen LogP contribution in [-0.2, 0) is 0 Å². The molecule has 3 aromatic rings. The van der Waals surface area contributed by atoms with Gasteiger partial charge in [0.25, 0.3) is 11.8 Å². The average Bonchev–Trinajstić information content (AvgIpc) is 2.92. The first-order valence-electron chi connectivity index (χ1n) is 12.4. The molecule has 0 aliphatic rings. The van der Waals surface area contributed by atoms with Gasteiger partial charge in [0.1, 0.15) is 24.7 Å². The molecule has 37 heavy (non-hydrogen) atoms. The standard InChI is InChI=1S/C29H33N3O4S/c1-3-18-32(19-4-2)28(34)23-10-14-24(15-11-23)30-29(37)31-27(33)22-12-16-26(17-13-22)36-21-20-35-25-8-6-5-7-9-25/h5-17H,3-4,18-21H2,1-2H3,(H2,30,31,33,37). The van der Waals surface area contributed by atoms with Crippen molar-refractivity contribution >= 4 is 34.8 Å². The molecule has 3 aromatic carbocycles. The van der Waals surface area contributed by atoms with Crippen molar-refractivity contribution in [3.05, 3.63) is 90.0 Å². The number of nitrogens with one attached hydrogen (secondary N) is 2. The van der Waals surface area contributed by atoms with Gasteiger partial charge in [0, 0.05) is 29.9 Å². The maximum absolute atomic E-state index is 12.7. The lowest BCUT2D eigenvalue weighted by atomic mass is 10.1. The summed E-state index contributed by atoms with van der Waals surface area (Å²) in [6.07, 6.45) is 1.83. The fourth-order valence-electron chi connectivity index (χ4n) is 3.61. The lowest BCUT2D eigenvalue weighted by molar-refractivity contribution is 0.0755. The third-order valence-corrected chi connectivity index (χ3v) is 5.58. The molecule has 7 nitrogen and oxygen atoms in total. The number of ether oxygens (including phenoxy) is 2. The number of carbonyl (C=O) groups is 2. The van der Waals surface area contributed by atoms with Crippen LogP contribution in [0.1, 0.15) is 47.4 Å². The van der Waals surface area contributed by atoms with Crippen LogP contribution in [0.15, 0.2) is 78.9 Å². The fraction of sp³-hybridized carbons (Fsp3) is 0.276. The first-order valence-corrected chi connectivity index (χ1v) is 12.8. The van der Waals surface area contributed by atoms with E-state index in [0.29, 0.717) is 35.8 Å². The van der Waals surface area contributed by atoms with E-state index in [-0.39, 0.29) is 16.9 Å². The van der Waals surface area contributed by atoms with Crippen LogP contribution < -0.4 is 20.1 Å². The molecule has 3 rings (SSSR count). The molecule has 0 heterocycles. The minimum Gasteiger partial charge on any atom is -0.490 e. The lowest BCUT2D eigenvalue weighted by Gasteiger charge is -2.21. The van der Waals surface area contributed by atoms with Crippen molar-refractivity contribution in [1.82, 2.24) is 10.2 Å². The number of nitrogens with zero attached hydrogens (tertiary/aromatic N) is 1. The Morgan fingerprint density at radius 1 is 0.757 bits per heavy atom. The Morgan fingerprint density at radius 3 is 1.86 bits per heavy atom. The monoisotopic (exact) mass is 519 g/mol. The van der Waals surface area contributed by atoms with Gasteiger partial charge in [-0.1, -0.05) is 32.0 Å². The number of thiocarbonyl (C=S) groups is 1. The number of benzene rings is 3. The van der Waals surface area contributed by atoms with Crippen molar-refractivity contribution in [2.24, 2.45) is 0 Å². The maximum Gasteiger partial charge on any atom is 0.257 e. The summed E-state index contributed by atoms with van der Waals surface area (Å²) in [4.78, 5) is 27.2. The van der Waals surface area contributed by atoms with E-state index in [2.05, 4.69) is 24.5 Å². The minimum absolute atomic E-state index is 0.0160. The molecule has 8 heteroatoms. The van der Waals surface area contributed by atoms with Gasteiger partial charge < -0.3 is 19.7 Å². The van der Waals surface area contributed by atoms with Crippen LogP contribution in [0.25, 0.3) is 0 Å². The molecule has 0 spiro atoms. The summed E-state index contributed by atoms with van der Waals surface area (Å²) in [6.45, 7) is 6.39. The largest absolute Gasteiger partial charge is 0.490 e. The Balaban J connectivity index is 1.44. The highest BCUT2D eigenvalue weighted by Crippen LogP contribution is 2.15. The predicted molar refractivity (Wildman–Crippen MR) is 150 cm³/mol. The first kappa shape index (κ1) is 27.7. The molecule has 0 aliphatic carbocycles. The summed E-state index contributed by atoms with van der Waals surface area (Å²) in [5.41, 5.74) is 1.75. The second-order valence-corrected chi connectivity index (χ2v) is 8.72. The zero-order valence-electron chi connectivity index (χ0n) is 21.2. The molecule has 0 saturated carbocycles. The van der Waals surface area contributed by atoms with Crippen LogP contribution in [0, 0.1) is 0 Å². The van der Waals surface area contributed by atoms with E-state index in [0.717, 1.165) is 31.7 Å². The van der Waals surface area contributed by atoms with Crippen LogP contribution in [0.5, 0.6) is 11.5 Å². The predicted octanol–water partition coefficient (Wildman–Crippen LogP) is 5.53. The molecule has 0 radical (unpaired) electrons. The SMILES string of the molecule is CCCN(CCC)C(=O)c1ccc(NC(=S)NC(=O)c2ccc(OCCOc3ccccc3)cc2)cc1. The molecule has 2 amide bonds. The lowest BCUT2D eigenvalue weighted by Crippen LogP contribution is -2.34. The Labute approximate surface area is 223 Å². The molecule has 0 unspecified atom stereocenters. The van der Waals surface area contributed by atoms with Crippen LogP contribution >= 0.6 is 12.2 Å². The Kier molecular flexibility index (Phi) is 10.9. The summed E-state index contributed by atoms with van der Waals surface area (Å²) < 4.78 is 11.3. The molecule has 0 bridgehead atoms. The molecule has 0 aromatic heterocycles. The fourth-order valence-corrected chi connectivity index (χ4v) is 3.82. The first-order chi connectivity index (χ1) is 18.0. The van der Waals surface area contributed by atoms with E-state index < -0.39 is 0 Å². The second-order valence-electron chi connectivity index (χ2n) is 8.31. The van der Waals surface area contributed by atoms with Crippen LogP contribution in [0.3, 0.4) is 0 Å². The third-order valence-electron chi connectivity index (χ3n) is 5.37. The van der Waals surface area contributed by atoms with Crippen LogP contribution in [-0.4, -0.2) is 48.1 Å². The number of amides is 2. The average molecular weight is 520 g/mol. The number of anilines is 1. The molecule has 2 N–H and O–H groups in total. The second kappa shape index (κ2) is 14.6. The van der Waals surface area contributed by atoms with E-state index in [9.17, 15) is 9.59 Å². The van der Waals surface area contributed by atoms with E-state index in [1.807, 2.05) is 35.2 Å². The molecule has 194 valence electrons. The zero-order valence-corrected chi connectivity index (χ0v) is 22.1. The molecule has 0 aliphatic heterocycles. The van der Waals surface area contributed by atoms with Gasteiger partial charge in [0.05, 0.1) is 0 Å². The number of rotatable bonds is 12. The van der Waals surface area contributed by atoms with Gasteiger partial charge in [-0.05, 0) is 85.7 Å². The van der Waals surface area contributed by atoms with Crippen molar-refractivity contribution < 1.29 is 19.1 Å². The Morgan fingerprint density at radius 2 is 1.30 bits per heavy atom. The van der Waals surface area contributed by atoms with Crippen molar-refractivity contribution in [1.29, 1.82) is 0 Å². The van der Waals surface area contributed by atoms with Gasteiger partial charge in [-0.3, -0.25) is 14.9 Å². The summed E-state index contributed by atoms with van der Waals surface area (Å²) in [5.74, 6) is 1.11. The van der Waals surface area contributed by atoms with E-state index in [1.54, 1.807) is 48.5 Å². The van der Waals surface area contributed by atoms with Gasteiger partial charge in [-0.15, -0.1) is 0 Å². The smallest absolute Gasteiger partial charge is 0.257 e. The topological polar surface area (TPSA) is 79.9 Å². The highest BCUT2D eigenvalue weighted by atomic mass is 32.1. The molecule has 0 atom stereocenters. The number of carbonyl (C=O) groups excluding carboxylic acids is 2. The van der Waals surface area contributed by atoms with E-state index in [4.69, 9.17) is 21.7 Å². The van der Waals surface area contributed by atoms with Gasteiger partial charge in [0.15, 0.2) is 5.11 Å². The number of para-hydroxylation sites is 1. The van der Waals surface area contributed by atoms with Crippen molar-refractivity contribution in [3.8, 4) is 11.5 Å². The maximum atomic E-state index is 12.7. The number of hydrogen-bond donors (Lipinski definition) is 2. The van der Waals surface area contributed by atoms with Gasteiger partial charge in [-0.25, -0.2) is 0 Å². The summed E-state index contributed by atoms with van der Waals surface area (Å²) >= 11 is 5.29. The molecular formula is C29H33N3O4S.